The Kier molecular flexibility index (Phi) is 12.3. The predicted octanol–water partition coefficient (Wildman–Crippen LogP) is 6.59. The summed E-state index contributed by atoms with van der Waals surface area (Å²) in [6, 6.07) is 12.0. The van der Waals surface area contributed by atoms with E-state index in [1.807, 2.05) is 83.1 Å². The number of hydrogen-bond acceptors (Lipinski definition) is 6. The van der Waals surface area contributed by atoms with Crippen LogP contribution in [0.15, 0.2) is 48.5 Å². The molecule has 0 spiro atoms. The molecule has 0 heterocycles. The highest BCUT2D eigenvalue weighted by molar-refractivity contribution is 5.94. The normalized spacial score (nSPS) is 18.0. The van der Waals surface area contributed by atoms with Gasteiger partial charge >= 0.3 is 12.1 Å². The van der Waals surface area contributed by atoms with Crippen LogP contribution in [-0.2, 0) is 30.3 Å². The quantitative estimate of drug-likeness (QED) is 0.251. The third-order valence-electron chi connectivity index (χ3n) is 7.91. The van der Waals surface area contributed by atoms with E-state index in [4.69, 9.17) is 9.47 Å². The van der Waals surface area contributed by atoms with Gasteiger partial charge in [0.15, 0.2) is 0 Å². The molecule has 0 aromatic heterocycles. The average molecular weight is 650 g/mol. The van der Waals surface area contributed by atoms with Crippen LogP contribution >= 0.6 is 0 Å². The van der Waals surface area contributed by atoms with E-state index in [1.54, 1.807) is 46.4 Å². The maximum Gasteiger partial charge on any atom is 0.408 e. The number of alkyl carbamates (subject to hydrolysis) is 1. The van der Waals surface area contributed by atoms with E-state index in [0.717, 1.165) is 16.7 Å². The number of nitrogens with zero attached hydrogens (tertiary/aromatic N) is 1. The van der Waals surface area contributed by atoms with Gasteiger partial charge in [-0.25, -0.2) is 9.59 Å². The van der Waals surface area contributed by atoms with Crippen LogP contribution in [0.25, 0.3) is 0 Å². The predicted molar refractivity (Wildman–Crippen MR) is 184 cm³/mol. The average Bonchev–Trinajstić information content (AvgIpc) is 3.64. The van der Waals surface area contributed by atoms with Crippen LogP contribution in [0.3, 0.4) is 0 Å². The molecule has 1 fully saturated rings. The zero-order valence-electron chi connectivity index (χ0n) is 30.1. The number of hydrogen-bond donors (Lipinski definition) is 2. The van der Waals surface area contributed by atoms with Crippen LogP contribution < -0.4 is 10.6 Å². The number of ether oxygens (including phenoxy) is 2. The highest BCUT2D eigenvalue weighted by Crippen LogP contribution is 2.41. The Bertz CT molecular complexity index is 1410. The summed E-state index contributed by atoms with van der Waals surface area (Å²) in [5.74, 6) is -1.20. The topological polar surface area (TPSA) is 114 Å². The van der Waals surface area contributed by atoms with Gasteiger partial charge in [0.2, 0.25) is 11.8 Å². The molecule has 1 aliphatic carbocycles. The first-order valence-electron chi connectivity index (χ1n) is 16.7. The highest BCUT2D eigenvalue weighted by atomic mass is 16.6. The van der Waals surface area contributed by atoms with Crippen molar-refractivity contribution in [2.75, 3.05) is 0 Å². The van der Waals surface area contributed by atoms with Crippen LogP contribution in [-0.4, -0.2) is 58.1 Å². The number of carbonyl (C=O) groups excluding carboxylic acids is 4. The molecule has 2 aromatic rings. The van der Waals surface area contributed by atoms with Gasteiger partial charge in [0, 0.05) is 12.5 Å². The molecule has 5 unspecified atom stereocenters. The lowest BCUT2D eigenvalue weighted by Crippen LogP contribution is -2.56. The molecular formula is C38H55N3O6. The summed E-state index contributed by atoms with van der Waals surface area (Å²) in [6.07, 6.45) is 0.581. The fourth-order valence-electron chi connectivity index (χ4n) is 5.71. The molecule has 0 radical (unpaired) electrons. The summed E-state index contributed by atoms with van der Waals surface area (Å²) in [6.45, 7) is 20.5. The largest absolute Gasteiger partial charge is 0.458 e. The molecule has 3 rings (SSSR count). The SMILES string of the molecule is Cc1ccc(C(C(=O)NC(Cc2ccccc2)C(=O)OC(C)(C)C)N(C(=O)C(CC(C)C)NC(=O)OC(C)(C)C)C2CC2C)c(C)c1. The fraction of sp³-hybridized carbons (Fsp3) is 0.579. The minimum absolute atomic E-state index is 0.0631. The van der Waals surface area contributed by atoms with Crippen molar-refractivity contribution in [1.29, 1.82) is 0 Å². The van der Waals surface area contributed by atoms with E-state index in [0.29, 0.717) is 18.4 Å². The van der Waals surface area contributed by atoms with Crippen LogP contribution in [0.4, 0.5) is 4.79 Å². The Hall–Kier alpha value is -3.88. The van der Waals surface area contributed by atoms with E-state index in [9.17, 15) is 19.2 Å². The van der Waals surface area contributed by atoms with Crippen molar-refractivity contribution in [1.82, 2.24) is 15.5 Å². The monoisotopic (exact) mass is 649 g/mol. The summed E-state index contributed by atoms with van der Waals surface area (Å²) in [5, 5.41) is 5.80. The van der Waals surface area contributed by atoms with Crippen molar-refractivity contribution in [2.24, 2.45) is 11.8 Å². The number of rotatable bonds is 12. The molecule has 0 saturated heterocycles. The lowest BCUT2D eigenvalue weighted by Gasteiger charge is -2.37. The van der Waals surface area contributed by atoms with Crippen LogP contribution in [0, 0.1) is 25.7 Å². The van der Waals surface area contributed by atoms with E-state index < -0.39 is 47.3 Å². The summed E-state index contributed by atoms with van der Waals surface area (Å²) in [5.41, 5.74) is 1.85. The molecule has 9 heteroatoms. The second kappa shape index (κ2) is 15.3. The van der Waals surface area contributed by atoms with Crippen molar-refractivity contribution in [3.8, 4) is 0 Å². The van der Waals surface area contributed by atoms with Gasteiger partial charge in [-0.1, -0.05) is 74.9 Å². The van der Waals surface area contributed by atoms with E-state index >= 15 is 0 Å². The van der Waals surface area contributed by atoms with Gasteiger partial charge in [0.25, 0.3) is 0 Å². The maximum atomic E-state index is 14.7. The minimum Gasteiger partial charge on any atom is -0.458 e. The molecule has 5 atom stereocenters. The first-order chi connectivity index (χ1) is 21.8. The van der Waals surface area contributed by atoms with Crippen molar-refractivity contribution in [2.45, 2.75) is 131 Å². The Labute approximate surface area is 281 Å². The molecule has 2 N–H and O–H groups in total. The molecule has 0 aliphatic heterocycles. The van der Waals surface area contributed by atoms with Gasteiger partial charge < -0.3 is 25.0 Å². The zero-order valence-corrected chi connectivity index (χ0v) is 30.1. The lowest BCUT2D eigenvalue weighted by atomic mass is 9.94. The molecule has 2 aromatic carbocycles. The number of nitrogens with one attached hydrogen (secondary N) is 2. The summed E-state index contributed by atoms with van der Waals surface area (Å²) < 4.78 is 11.3. The molecular weight excluding hydrogens is 594 g/mol. The van der Waals surface area contributed by atoms with Gasteiger partial charge in [-0.15, -0.1) is 0 Å². The maximum absolute atomic E-state index is 14.7. The van der Waals surface area contributed by atoms with E-state index in [2.05, 4.69) is 10.6 Å². The molecule has 1 saturated carbocycles. The van der Waals surface area contributed by atoms with Gasteiger partial charge in [0.1, 0.15) is 29.3 Å². The van der Waals surface area contributed by atoms with Crippen molar-refractivity contribution < 1.29 is 28.7 Å². The molecule has 258 valence electrons. The van der Waals surface area contributed by atoms with Gasteiger partial charge in [-0.05, 0) is 96.8 Å². The van der Waals surface area contributed by atoms with Crippen LogP contribution in [0.2, 0.25) is 0 Å². The number of amides is 3. The molecule has 0 bridgehead atoms. The van der Waals surface area contributed by atoms with Gasteiger partial charge in [0.05, 0.1) is 0 Å². The Morgan fingerprint density at radius 2 is 1.47 bits per heavy atom. The number of carbonyl (C=O) groups is 4. The fourth-order valence-corrected chi connectivity index (χ4v) is 5.71. The second-order valence-electron chi connectivity index (χ2n) is 15.4. The van der Waals surface area contributed by atoms with Gasteiger partial charge in [-0.2, -0.15) is 0 Å². The van der Waals surface area contributed by atoms with E-state index in [1.165, 1.54) is 0 Å². The molecule has 47 heavy (non-hydrogen) atoms. The smallest absolute Gasteiger partial charge is 0.408 e. The standard InChI is InChI=1S/C38H55N3O6/c1-23(2)19-29(40-36(45)47-38(9,10)11)34(43)41(31-21-26(31)5)32(28-18-17-24(3)20-25(28)4)33(42)39-30(35(44)46-37(6,7)8)22-27-15-13-12-14-16-27/h12-18,20,23,26,29-32H,19,21-22H2,1-11H3,(H,39,42)(H,40,45). The highest BCUT2D eigenvalue weighted by Gasteiger charge is 2.49. The Balaban J connectivity index is 2.10. The first kappa shape index (κ1) is 37.6. The van der Waals surface area contributed by atoms with Crippen molar-refractivity contribution in [3.63, 3.8) is 0 Å². The number of esters is 1. The molecule has 3 amide bonds. The third kappa shape index (κ3) is 11.4. The Morgan fingerprint density at radius 3 is 1.98 bits per heavy atom. The lowest BCUT2D eigenvalue weighted by molar-refractivity contribution is -0.159. The third-order valence-corrected chi connectivity index (χ3v) is 7.91. The zero-order chi connectivity index (χ0) is 35.3. The summed E-state index contributed by atoms with van der Waals surface area (Å²) in [7, 11) is 0. The van der Waals surface area contributed by atoms with Gasteiger partial charge in [-0.3, -0.25) is 9.59 Å². The number of aryl methyl sites for hydroxylation is 2. The second-order valence-corrected chi connectivity index (χ2v) is 15.4. The van der Waals surface area contributed by atoms with Crippen molar-refractivity contribution in [3.05, 3.63) is 70.8 Å². The Morgan fingerprint density at radius 1 is 0.872 bits per heavy atom. The molecule has 9 nitrogen and oxygen atoms in total. The number of benzene rings is 2. The first-order valence-corrected chi connectivity index (χ1v) is 16.7. The minimum atomic E-state index is -1.06. The summed E-state index contributed by atoms with van der Waals surface area (Å²) >= 11 is 0. The van der Waals surface area contributed by atoms with Crippen LogP contribution in [0.5, 0.6) is 0 Å². The van der Waals surface area contributed by atoms with Crippen molar-refractivity contribution >= 4 is 23.9 Å². The molecule has 1 aliphatic rings. The van der Waals surface area contributed by atoms with E-state index in [-0.39, 0.29) is 30.2 Å². The summed E-state index contributed by atoms with van der Waals surface area (Å²) in [4.78, 5) is 57.5. The van der Waals surface area contributed by atoms with Crippen LogP contribution in [0.1, 0.15) is 103 Å².